The third kappa shape index (κ3) is 3.44. The van der Waals surface area contributed by atoms with E-state index in [1.807, 2.05) is 6.92 Å². The van der Waals surface area contributed by atoms with Crippen LogP contribution in [0.2, 0.25) is 0 Å². The molecule has 3 rings (SSSR count). The highest BCUT2D eigenvalue weighted by molar-refractivity contribution is 5.92. The van der Waals surface area contributed by atoms with Gasteiger partial charge in [0.05, 0.1) is 12.1 Å². The van der Waals surface area contributed by atoms with Crippen molar-refractivity contribution in [2.75, 3.05) is 7.11 Å². The summed E-state index contributed by atoms with van der Waals surface area (Å²) in [7, 11) is 1.58. The van der Waals surface area contributed by atoms with Crippen molar-refractivity contribution in [2.45, 2.75) is 82.0 Å². The molecule has 3 aliphatic rings. The molecule has 2 heterocycles. The Morgan fingerprint density at radius 2 is 2.30 bits per heavy atom. The Bertz CT molecular complexity index is 687. The van der Waals surface area contributed by atoms with Gasteiger partial charge in [-0.2, -0.15) is 0 Å². The second-order valence-electron chi connectivity index (χ2n) is 7.95. The maximum Gasteiger partial charge on any atom is 0.326 e. The van der Waals surface area contributed by atoms with Gasteiger partial charge in [0.1, 0.15) is 11.6 Å². The number of aliphatic carboxylic acids is 1. The average molecular weight is 376 g/mol. The van der Waals surface area contributed by atoms with Gasteiger partial charge < -0.3 is 14.7 Å². The van der Waals surface area contributed by atoms with Crippen LogP contribution in [-0.2, 0) is 14.3 Å². The van der Waals surface area contributed by atoms with Crippen molar-refractivity contribution in [2.24, 2.45) is 11.0 Å². The average Bonchev–Trinajstić information content (AvgIpc) is 3.06. The van der Waals surface area contributed by atoms with Crippen molar-refractivity contribution in [1.82, 2.24) is 4.90 Å². The van der Waals surface area contributed by atoms with E-state index in [-0.39, 0.29) is 24.0 Å². The molecule has 0 unspecified atom stereocenters. The molecule has 0 spiro atoms. The summed E-state index contributed by atoms with van der Waals surface area (Å²) in [4.78, 5) is 29.9. The second kappa shape index (κ2) is 7.90. The number of azide groups is 1. The molecule has 148 valence electrons. The molecule has 2 saturated heterocycles. The predicted molar refractivity (Wildman–Crippen MR) is 98.9 cm³/mol. The lowest BCUT2D eigenvalue weighted by atomic mass is 9.75. The molecular weight excluding hydrogens is 348 g/mol. The van der Waals surface area contributed by atoms with Crippen molar-refractivity contribution in [3.8, 4) is 0 Å². The summed E-state index contributed by atoms with van der Waals surface area (Å²) in [5, 5.41) is 13.7. The molecule has 5 atom stereocenters. The third-order valence-electron chi connectivity index (χ3n) is 6.47. The number of rotatable bonds is 6. The number of fused-ring (bicyclic) bond motifs is 1. The van der Waals surface area contributed by atoms with Crippen LogP contribution in [0.5, 0.6) is 0 Å². The fourth-order valence-electron chi connectivity index (χ4n) is 5.16. The highest BCUT2D eigenvalue weighted by Crippen LogP contribution is 2.46. The summed E-state index contributed by atoms with van der Waals surface area (Å²) in [5.74, 6) is -1.29. The minimum Gasteiger partial charge on any atom is -0.480 e. The fraction of sp³-hybridized carbons (Fsp3) is 0.789. The van der Waals surface area contributed by atoms with E-state index >= 15 is 0 Å². The molecule has 0 aromatic heterocycles. The lowest BCUT2D eigenvalue weighted by Gasteiger charge is -2.47. The Morgan fingerprint density at radius 1 is 1.52 bits per heavy atom. The van der Waals surface area contributed by atoms with Crippen LogP contribution >= 0.6 is 0 Å². The quantitative estimate of drug-likeness (QED) is 0.331. The van der Waals surface area contributed by atoms with E-state index in [4.69, 9.17) is 4.74 Å². The van der Waals surface area contributed by atoms with Crippen LogP contribution in [0.15, 0.2) is 16.8 Å². The van der Waals surface area contributed by atoms with E-state index in [2.05, 4.69) is 16.1 Å². The van der Waals surface area contributed by atoms with Crippen molar-refractivity contribution < 1.29 is 19.4 Å². The summed E-state index contributed by atoms with van der Waals surface area (Å²) >= 11 is 0. The van der Waals surface area contributed by atoms with Crippen molar-refractivity contribution in [1.29, 1.82) is 0 Å². The maximum absolute atomic E-state index is 13.5. The first-order valence-corrected chi connectivity index (χ1v) is 9.80. The number of hydrogen-bond acceptors (Lipinski definition) is 4. The van der Waals surface area contributed by atoms with E-state index in [1.54, 1.807) is 7.11 Å². The first-order chi connectivity index (χ1) is 13.0. The minimum absolute atomic E-state index is 0.0676. The minimum atomic E-state index is -1.30. The smallest absolute Gasteiger partial charge is 0.326 e. The monoisotopic (exact) mass is 376 g/mol. The molecular formula is C19H28N4O4. The highest BCUT2D eigenvalue weighted by Gasteiger charge is 2.59. The van der Waals surface area contributed by atoms with Crippen LogP contribution < -0.4 is 0 Å². The number of hydrogen-bond donors (Lipinski definition) is 1. The number of methoxy groups -OCH3 is 1. The number of ether oxygens (including phenoxy) is 1. The topological polar surface area (TPSA) is 116 Å². The molecule has 0 aromatic carbocycles. The van der Waals surface area contributed by atoms with Crippen LogP contribution in [0.1, 0.15) is 58.3 Å². The van der Waals surface area contributed by atoms with Gasteiger partial charge in [-0.05, 0) is 56.4 Å². The number of carbonyl (C=O) groups is 2. The Labute approximate surface area is 159 Å². The van der Waals surface area contributed by atoms with E-state index < -0.39 is 17.6 Å². The molecule has 8 heteroatoms. The standard InChI is InChI=1S/C19H28N4O4/c1-3-13-9-14(17(24)25)23-16(13)15(27-2)11-19(18(23)26,21-22-20)10-12-7-5-4-6-8-12/h7,13-16H,3-6,8-11H2,1-2H3,(H,24,25)/t13-,14+,15+,16+,19+/m1/s1. The molecule has 0 aromatic rings. The summed E-state index contributed by atoms with van der Waals surface area (Å²) < 4.78 is 5.71. The summed E-state index contributed by atoms with van der Waals surface area (Å²) in [6.07, 6.45) is 7.66. The Balaban J connectivity index is 2.02. The lowest BCUT2D eigenvalue weighted by molar-refractivity contribution is -0.161. The molecule has 27 heavy (non-hydrogen) atoms. The summed E-state index contributed by atoms with van der Waals surface area (Å²) in [6, 6.07) is -1.17. The van der Waals surface area contributed by atoms with Crippen molar-refractivity contribution >= 4 is 11.9 Å². The number of piperidine rings is 1. The molecule has 0 radical (unpaired) electrons. The van der Waals surface area contributed by atoms with E-state index in [1.165, 1.54) is 4.90 Å². The van der Waals surface area contributed by atoms with Gasteiger partial charge in [-0.15, -0.1) is 0 Å². The summed E-state index contributed by atoms with van der Waals surface area (Å²) in [5.41, 5.74) is 9.03. The number of carboxylic acids is 1. The van der Waals surface area contributed by atoms with Crippen LogP contribution in [-0.4, -0.2) is 52.7 Å². The summed E-state index contributed by atoms with van der Waals surface area (Å²) in [6.45, 7) is 2.01. The first-order valence-electron chi connectivity index (χ1n) is 9.80. The van der Waals surface area contributed by atoms with Gasteiger partial charge in [-0.25, -0.2) is 4.79 Å². The van der Waals surface area contributed by atoms with Crippen molar-refractivity contribution in [3.63, 3.8) is 0 Å². The molecule has 0 saturated carbocycles. The maximum atomic E-state index is 13.5. The zero-order valence-corrected chi connectivity index (χ0v) is 16.0. The molecule has 1 aliphatic carbocycles. The van der Waals surface area contributed by atoms with Gasteiger partial charge in [-0.3, -0.25) is 4.79 Å². The van der Waals surface area contributed by atoms with Crippen LogP contribution in [0.3, 0.4) is 0 Å². The van der Waals surface area contributed by atoms with Crippen LogP contribution in [0.4, 0.5) is 0 Å². The SMILES string of the molecule is CC[C@@H]1C[C@@H](C(=O)O)N2C(=O)[C@@](CC3=CCCCC3)(N=[N+]=[N-])C[C@H](OC)[C@H]12. The molecule has 2 aliphatic heterocycles. The third-order valence-corrected chi connectivity index (χ3v) is 6.47. The largest absolute Gasteiger partial charge is 0.480 e. The van der Waals surface area contributed by atoms with Gasteiger partial charge in [0.25, 0.3) is 0 Å². The number of carbonyl (C=O) groups excluding carboxylic acids is 1. The number of amides is 1. The van der Waals surface area contributed by atoms with Crippen molar-refractivity contribution in [3.05, 3.63) is 22.1 Å². The van der Waals surface area contributed by atoms with E-state index in [0.717, 1.165) is 37.7 Å². The van der Waals surface area contributed by atoms with Gasteiger partial charge in [0, 0.05) is 12.0 Å². The van der Waals surface area contributed by atoms with Gasteiger partial charge in [0.2, 0.25) is 5.91 Å². The molecule has 1 amide bonds. The first kappa shape index (κ1) is 19.7. The number of allylic oxidation sites excluding steroid dienone is 1. The molecule has 8 nitrogen and oxygen atoms in total. The van der Waals surface area contributed by atoms with Crippen LogP contribution in [0, 0.1) is 5.92 Å². The van der Waals surface area contributed by atoms with Gasteiger partial charge in [0.15, 0.2) is 0 Å². The zero-order valence-electron chi connectivity index (χ0n) is 16.0. The Morgan fingerprint density at radius 3 is 2.85 bits per heavy atom. The molecule has 0 bridgehead atoms. The Hall–Kier alpha value is -2.05. The normalized spacial score (nSPS) is 36.0. The lowest BCUT2D eigenvalue weighted by Crippen LogP contribution is -2.64. The predicted octanol–water partition coefficient (Wildman–Crippen LogP) is 3.43. The Kier molecular flexibility index (Phi) is 5.77. The molecule has 1 N–H and O–H groups in total. The molecule has 2 fully saturated rings. The van der Waals surface area contributed by atoms with Gasteiger partial charge >= 0.3 is 5.97 Å². The fourth-order valence-corrected chi connectivity index (χ4v) is 5.16. The number of nitrogens with zero attached hydrogens (tertiary/aromatic N) is 4. The zero-order chi connectivity index (χ0) is 19.6. The second-order valence-corrected chi connectivity index (χ2v) is 7.95. The van der Waals surface area contributed by atoms with E-state index in [0.29, 0.717) is 19.3 Å². The van der Waals surface area contributed by atoms with Crippen LogP contribution in [0.25, 0.3) is 10.4 Å². The highest BCUT2D eigenvalue weighted by atomic mass is 16.5. The van der Waals surface area contributed by atoms with Gasteiger partial charge in [-0.1, -0.05) is 30.1 Å². The van der Waals surface area contributed by atoms with E-state index in [9.17, 15) is 20.2 Å². The number of carboxylic acid groups (broad SMARTS) is 1.